The van der Waals surface area contributed by atoms with Crippen molar-refractivity contribution in [3.05, 3.63) is 92.5 Å². The van der Waals surface area contributed by atoms with E-state index in [2.05, 4.69) is 31.7 Å². The maximum Gasteiger partial charge on any atom is 0.278 e. The molecule has 2 saturated heterocycles. The molecule has 11 nitrogen and oxygen atoms in total. The second kappa shape index (κ2) is 11.9. The van der Waals surface area contributed by atoms with Crippen LogP contribution in [0.15, 0.2) is 59.5 Å². The number of pyridine rings is 2. The number of amides is 1. The Morgan fingerprint density at radius 2 is 1.84 bits per heavy atom. The number of carbonyl (C=O) groups excluding carboxylic acids is 1. The van der Waals surface area contributed by atoms with Gasteiger partial charge in [0, 0.05) is 66.2 Å². The number of likely N-dealkylation sites (tertiary alicyclic amines) is 1. The van der Waals surface area contributed by atoms with Gasteiger partial charge < -0.3 is 20.1 Å². The molecule has 0 unspecified atom stereocenters. The Labute approximate surface area is 288 Å². The third kappa shape index (κ3) is 5.33. The van der Waals surface area contributed by atoms with Crippen molar-refractivity contribution in [3.63, 3.8) is 0 Å². The van der Waals surface area contributed by atoms with Gasteiger partial charge in [0.05, 0.1) is 29.4 Å². The van der Waals surface area contributed by atoms with Gasteiger partial charge in [-0.15, -0.1) is 0 Å². The molecule has 12 heteroatoms. The number of benzene rings is 2. The van der Waals surface area contributed by atoms with Crippen LogP contribution in [0.5, 0.6) is 5.88 Å². The monoisotopic (exact) mass is 677 g/mol. The third-order valence-electron chi connectivity index (χ3n) is 10.1. The highest BCUT2D eigenvalue weighted by molar-refractivity contribution is 6.36. The summed E-state index contributed by atoms with van der Waals surface area (Å²) in [4.78, 5) is 36.8. The van der Waals surface area contributed by atoms with E-state index in [0.29, 0.717) is 28.7 Å². The van der Waals surface area contributed by atoms with E-state index in [-0.39, 0.29) is 29.7 Å². The number of nitrogens with one attached hydrogen (secondary N) is 2. The maximum atomic E-state index is 13.1. The number of ether oxygens (including phenoxy) is 2. The minimum atomic E-state index is -0.310. The first kappa shape index (κ1) is 31.4. The highest BCUT2D eigenvalue weighted by atomic mass is 35.5. The van der Waals surface area contributed by atoms with Crippen molar-refractivity contribution in [3.8, 4) is 28.3 Å². The molecule has 1 amide bonds. The number of methoxy groups -OCH3 is 1. The SMILES string of the molecule is COc1nc(-c2cccc(-c3cccc(Nc4nc(C)cc5cnn(C)c(=O)c45)c3C)c2Cl)cc2c1[C@@H](N1CC3(CNC(=O)CO3)C1)CC2. The average molecular weight is 678 g/mol. The number of nitrogens with zero attached hydrogens (tertiary/aromatic N) is 5. The van der Waals surface area contributed by atoms with Crippen LogP contribution in [0.3, 0.4) is 0 Å². The van der Waals surface area contributed by atoms with E-state index in [1.165, 1.54) is 10.2 Å². The number of morpholine rings is 1. The fourth-order valence-electron chi connectivity index (χ4n) is 7.55. The number of fused-ring (bicyclic) bond motifs is 2. The van der Waals surface area contributed by atoms with Gasteiger partial charge >= 0.3 is 0 Å². The van der Waals surface area contributed by atoms with Gasteiger partial charge in [0.2, 0.25) is 11.8 Å². The third-order valence-corrected chi connectivity index (χ3v) is 10.5. The van der Waals surface area contributed by atoms with E-state index < -0.39 is 0 Å². The van der Waals surface area contributed by atoms with E-state index >= 15 is 0 Å². The van der Waals surface area contributed by atoms with E-state index in [9.17, 15) is 9.59 Å². The molecule has 0 bridgehead atoms. The van der Waals surface area contributed by atoms with Crippen molar-refractivity contribution in [2.24, 2.45) is 7.05 Å². The first-order chi connectivity index (χ1) is 23.6. The van der Waals surface area contributed by atoms with Crippen LogP contribution < -0.4 is 20.9 Å². The Kier molecular flexibility index (Phi) is 7.66. The molecule has 2 aliphatic heterocycles. The predicted octanol–water partition coefficient (Wildman–Crippen LogP) is 5.27. The molecule has 2 fully saturated rings. The van der Waals surface area contributed by atoms with Crippen LogP contribution in [0.1, 0.15) is 34.8 Å². The molecule has 8 rings (SSSR count). The summed E-state index contributed by atoms with van der Waals surface area (Å²) in [7, 11) is 3.30. The van der Waals surface area contributed by atoms with Gasteiger partial charge in [-0.1, -0.05) is 41.9 Å². The molecule has 2 N–H and O–H groups in total. The Morgan fingerprint density at radius 1 is 1.06 bits per heavy atom. The maximum absolute atomic E-state index is 13.1. The second-order valence-corrected chi connectivity index (χ2v) is 13.6. The first-order valence-corrected chi connectivity index (χ1v) is 16.7. The Hall–Kier alpha value is -4.84. The van der Waals surface area contributed by atoms with Crippen molar-refractivity contribution < 1.29 is 14.3 Å². The van der Waals surface area contributed by atoms with Crippen LogP contribution in [0.4, 0.5) is 11.5 Å². The lowest BCUT2D eigenvalue weighted by Crippen LogP contribution is -2.70. The van der Waals surface area contributed by atoms with Gasteiger partial charge in [-0.05, 0) is 61.6 Å². The highest BCUT2D eigenvalue weighted by Crippen LogP contribution is 2.47. The van der Waals surface area contributed by atoms with Gasteiger partial charge in [0.1, 0.15) is 18.0 Å². The number of aryl methyl sites for hydroxylation is 3. The lowest BCUT2D eigenvalue weighted by atomic mass is 9.89. The van der Waals surface area contributed by atoms with Crippen molar-refractivity contribution in [2.75, 3.05) is 38.7 Å². The Morgan fingerprint density at radius 3 is 2.61 bits per heavy atom. The van der Waals surface area contributed by atoms with Gasteiger partial charge in [0.15, 0.2) is 0 Å². The molecule has 3 aromatic heterocycles. The molecule has 49 heavy (non-hydrogen) atoms. The van der Waals surface area contributed by atoms with E-state index in [0.717, 1.165) is 76.2 Å². The number of aromatic nitrogens is 4. The van der Waals surface area contributed by atoms with E-state index in [1.807, 2.05) is 56.3 Å². The van der Waals surface area contributed by atoms with Gasteiger partial charge in [-0.25, -0.2) is 14.6 Å². The molecule has 1 atom stereocenters. The summed E-state index contributed by atoms with van der Waals surface area (Å²) in [6.07, 6.45) is 3.54. The fourth-order valence-corrected chi connectivity index (χ4v) is 7.87. The van der Waals surface area contributed by atoms with Crippen molar-refractivity contribution in [2.45, 2.75) is 38.3 Å². The Bertz CT molecular complexity index is 2220. The molecule has 2 aromatic carbocycles. The summed E-state index contributed by atoms with van der Waals surface area (Å²) in [6.45, 7) is 6.10. The number of halogens is 1. The number of rotatable bonds is 6. The molecule has 5 aromatic rings. The summed E-state index contributed by atoms with van der Waals surface area (Å²) < 4.78 is 13.1. The molecule has 1 spiro atoms. The van der Waals surface area contributed by atoms with Crippen molar-refractivity contribution in [1.82, 2.24) is 30.0 Å². The molecule has 0 radical (unpaired) electrons. The van der Waals surface area contributed by atoms with E-state index in [4.69, 9.17) is 26.1 Å². The number of hydrogen-bond donors (Lipinski definition) is 2. The Balaban J connectivity index is 1.11. The van der Waals surface area contributed by atoms with Crippen LogP contribution in [0.2, 0.25) is 5.02 Å². The normalized spacial score (nSPS) is 18.3. The van der Waals surface area contributed by atoms with Crippen LogP contribution in [0, 0.1) is 13.8 Å². The zero-order valence-electron chi connectivity index (χ0n) is 27.8. The number of anilines is 2. The molecular weight excluding hydrogens is 642 g/mol. The molecule has 1 aliphatic carbocycles. The molecule has 0 saturated carbocycles. The number of carbonyl (C=O) groups is 1. The summed E-state index contributed by atoms with van der Waals surface area (Å²) in [5, 5.41) is 12.4. The molecular formula is C37H36ClN7O4. The smallest absolute Gasteiger partial charge is 0.278 e. The lowest BCUT2D eigenvalue weighted by molar-refractivity contribution is -0.179. The van der Waals surface area contributed by atoms with Gasteiger partial charge in [0.25, 0.3) is 5.56 Å². The summed E-state index contributed by atoms with van der Waals surface area (Å²) in [5.74, 6) is 1.03. The largest absolute Gasteiger partial charge is 0.481 e. The van der Waals surface area contributed by atoms with Crippen molar-refractivity contribution in [1.29, 1.82) is 0 Å². The summed E-state index contributed by atoms with van der Waals surface area (Å²) in [6, 6.07) is 16.2. The number of hydrogen-bond acceptors (Lipinski definition) is 9. The van der Waals surface area contributed by atoms with Crippen LogP contribution in [-0.2, 0) is 23.0 Å². The van der Waals surface area contributed by atoms with E-state index in [1.54, 1.807) is 20.4 Å². The van der Waals surface area contributed by atoms with Crippen molar-refractivity contribution >= 4 is 39.8 Å². The fraction of sp³-hybridized carbons (Fsp3) is 0.324. The average Bonchev–Trinajstić information content (AvgIpc) is 3.50. The summed E-state index contributed by atoms with van der Waals surface area (Å²) >= 11 is 7.23. The standard InChI is InChI=1S/C37H36ClN7O4/c1-20-13-23-15-40-44(3)36(47)32(23)34(41-20)42-27-10-6-7-24(21(27)2)25-8-5-9-26(33(25)38)28-14-22-11-12-29(31(22)35(43-28)48-4)45-18-37(19-45)17-39-30(46)16-49-37/h5-10,13-15,29H,11-12,16-19H2,1-4H3,(H,39,46)(H,41,42)/t29-/m0/s1. The van der Waals surface area contributed by atoms with Crippen LogP contribution in [-0.4, -0.2) is 69.5 Å². The van der Waals surface area contributed by atoms with Crippen LogP contribution in [0.25, 0.3) is 33.2 Å². The minimum absolute atomic E-state index is 0.0598. The first-order valence-electron chi connectivity index (χ1n) is 16.4. The predicted molar refractivity (Wildman–Crippen MR) is 189 cm³/mol. The second-order valence-electron chi connectivity index (χ2n) is 13.2. The zero-order chi connectivity index (χ0) is 34.0. The zero-order valence-corrected chi connectivity index (χ0v) is 28.5. The topological polar surface area (TPSA) is 124 Å². The molecule has 5 heterocycles. The highest BCUT2D eigenvalue weighted by Gasteiger charge is 2.50. The van der Waals surface area contributed by atoms with Crippen LogP contribution >= 0.6 is 11.6 Å². The minimum Gasteiger partial charge on any atom is -0.481 e. The van der Waals surface area contributed by atoms with Gasteiger partial charge in [-0.2, -0.15) is 5.10 Å². The molecule has 250 valence electrons. The van der Waals surface area contributed by atoms with Gasteiger partial charge in [-0.3, -0.25) is 14.5 Å². The lowest BCUT2D eigenvalue weighted by Gasteiger charge is -2.53. The quantitative estimate of drug-likeness (QED) is 0.248. The summed E-state index contributed by atoms with van der Waals surface area (Å²) in [5.41, 5.74) is 7.73. The molecule has 3 aliphatic rings.